The topological polar surface area (TPSA) is 58.1 Å². The summed E-state index contributed by atoms with van der Waals surface area (Å²) in [5.41, 5.74) is 0.805. The molecule has 5 nitrogen and oxygen atoms in total. The summed E-state index contributed by atoms with van der Waals surface area (Å²) in [7, 11) is 2.12. The standard InChI is InChI=1S/C15H18N4OS/c1-19-7-5-11(10-19)8-17-14(20)13-9-18-15(21-13)12-4-2-3-6-16-12/h2-4,6,9,11H,5,7-8,10H2,1H3,(H,17,20). The van der Waals surface area contributed by atoms with Gasteiger partial charge in [-0.15, -0.1) is 11.3 Å². The second kappa shape index (κ2) is 6.32. The minimum atomic E-state index is -0.0377. The molecule has 1 aliphatic heterocycles. The van der Waals surface area contributed by atoms with Crippen molar-refractivity contribution in [3.8, 4) is 10.7 Å². The zero-order chi connectivity index (χ0) is 14.7. The molecule has 21 heavy (non-hydrogen) atoms. The smallest absolute Gasteiger partial charge is 0.263 e. The highest BCUT2D eigenvalue weighted by molar-refractivity contribution is 7.16. The van der Waals surface area contributed by atoms with Crippen molar-refractivity contribution in [2.45, 2.75) is 6.42 Å². The fraction of sp³-hybridized carbons (Fsp3) is 0.400. The maximum Gasteiger partial charge on any atom is 0.263 e. The lowest BCUT2D eigenvalue weighted by molar-refractivity contribution is 0.0951. The molecule has 1 unspecified atom stereocenters. The number of hydrogen-bond acceptors (Lipinski definition) is 5. The number of carbonyl (C=O) groups excluding carboxylic acids is 1. The molecular formula is C15H18N4OS. The van der Waals surface area contributed by atoms with Crippen LogP contribution in [-0.4, -0.2) is 47.5 Å². The zero-order valence-electron chi connectivity index (χ0n) is 12.0. The average Bonchev–Trinajstić information content (AvgIpc) is 3.15. The highest BCUT2D eigenvalue weighted by Crippen LogP contribution is 2.23. The van der Waals surface area contributed by atoms with Crippen LogP contribution in [0.5, 0.6) is 0 Å². The molecule has 1 amide bonds. The largest absolute Gasteiger partial charge is 0.351 e. The normalized spacial score (nSPS) is 18.8. The van der Waals surface area contributed by atoms with Gasteiger partial charge in [-0.3, -0.25) is 9.78 Å². The van der Waals surface area contributed by atoms with Gasteiger partial charge in [0.1, 0.15) is 9.88 Å². The number of pyridine rings is 1. The molecule has 1 aliphatic rings. The number of rotatable bonds is 4. The van der Waals surface area contributed by atoms with Crippen LogP contribution in [0.25, 0.3) is 10.7 Å². The lowest BCUT2D eigenvalue weighted by atomic mass is 10.1. The van der Waals surface area contributed by atoms with Crippen LogP contribution < -0.4 is 5.32 Å². The van der Waals surface area contributed by atoms with E-state index >= 15 is 0 Å². The second-order valence-electron chi connectivity index (χ2n) is 5.37. The molecule has 2 aromatic heterocycles. The van der Waals surface area contributed by atoms with Gasteiger partial charge in [-0.25, -0.2) is 4.98 Å². The third kappa shape index (κ3) is 3.46. The first-order valence-corrected chi connectivity index (χ1v) is 7.88. The predicted octanol–water partition coefficient (Wildman–Crippen LogP) is 1.89. The highest BCUT2D eigenvalue weighted by atomic mass is 32.1. The third-order valence-corrected chi connectivity index (χ3v) is 4.67. The van der Waals surface area contributed by atoms with Crippen molar-refractivity contribution in [1.82, 2.24) is 20.2 Å². The Morgan fingerprint density at radius 3 is 3.10 bits per heavy atom. The SMILES string of the molecule is CN1CCC(CNC(=O)c2cnc(-c3ccccn3)s2)C1. The molecule has 1 saturated heterocycles. The van der Waals surface area contributed by atoms with Gasteiger partial charge in [0.2, 0.25) is 0 Å². The number of aromatic nitrogens is 2. The van der Waals surface area contributed by atoms with Crippen molar-refractivity contribution in [2.75, 3.05) is 26.7 Å². The van der Waals surface area contributed by atoms with Crippen LogP contribution in [0.3, 0.4) is 0 Å². The van der Waals surface area contributed by atoms with E-state index in [0.717, 1.165) is 36.8 Å². The maximum atomic E-state index is 12.2. The molecule has 0 saturated carbocycles. The molecule has 3 heterocycles. The van der Waals surface area contributed by atoms with E-state index in [0.29, 0.717) is 10.8 Å². The van der Waals surface area contributed by atoms with Crippen LogP contribution in [0.15, 0.2) is 30.6 Å². The third-order valence-electron chi connectivity index (χ3n) is 3.65. The molecule has 1 atom stereocenters. The van der Waals surface area contributed by atoms with Gasteiger partial charge in [0.25, 0.3) is 5.91 Å². The predicted molar refractivity (Wildman–Crippen MR) is 83.3 cm³/mol. The maximum absolute atomic E-state index is 12.2. The van der Waals surface area contributed by atoms with Crippen molar-refractivity contribution >= 4 is 17.2 Å². The monoisotopic (exact) mass is 302 g/mol. The molecule has 3 rings (SSSR count). The Bertz CT molecular complexity index is 613. The Hall–Kier alpha value is -1.79. The summed E-state index contributed by atoms with van der Waals surface area (Å²) in [5.74, 6) is 0.520. The fourth-order valence-corrected chi connectivity index (χ4v) is 3.31. The molecule has 1 N–H and O–H groups in total. The van der Waals surface area contributed by atoms with Crippen LogP contribution in [0.4, 0.5) is 0 Å². The molecule has 0 aromatic carbocycles. The first-order chi connectivity index (χ1) is 10.2. The van der Waals surface area contributed by atoms with Crippen molar-refractivity contribution < 1.29 is 4.79 Å². The van der Waals surface area contributed by atoms with E-state index in [1.807, 2.05) is 18.2 Å². The number of amides is 1. The van der Waals surface area contributed by atoms with E-state index in [1.54, 1.807) is 12.4 Å². The average molecular weight is 302 g/mol. The van der Waals surface area contributed by atoms with Crippen molar-refractivity contribution in [1.29, 1.82) is 0 Å². The number of nitrogens with one attached hydrogen (secondary N) is 1. The second-order valence-corrected chi connectivity index (χ2v) is 6.40. The van der Waals surface area contributed by atoms with E-state index in [9.17, 15) is 4.79 Å². The van der Waals surface area contributed by atoms with E-state index in [2.05, 4.69) is 27.2 Å². The molecule has 0 radical (unpaired) electrons. The fourth-order valence-electron chi connectivity index (χ4n) is 2.50. The van der Waals surface area contributed by atoms with Crippen molar-refractivity contribution in [3.63, 3.8) is 0 Å². The minimum absolute atomic E-state index is 0.0377. The Kier molecular flexibility index (Phi) is 4.26. The van der Waals surface area contributed by atoms with Crippen LogP contribution in [-0.2, 0) is 0 Å². The zero-order valence-corrected chi connectivity index (χ0v) is 12.8. The van der Waals surface area contributed by atoms with Gasteiger partial charge < -0.3 is 10.2 Å². The Morgan fingerprint density at radius 2 is 2.38 bits per heavy atom. The van der Waals surface area contributed by atoms with Crippen LogP contribution >= 0.6 is 11.3 Å². The van der Waals surface area contributed by atoms with Crippen molar-refractivity contribution in [2.24, 2.45) is 5.92 Å². The summed E-state index contributed by atoms with van der Waals surface area (Å²) in [4.78, 5) is 23.6. The van der Waals surface area contributed by atoms with Crippen LogP contribution in [0.1, 0.15) is 16.1 Å². The van der Waals surface area contributed by atoms with E-state index in [1.165, 1.54) is 11.3 Å². The van der Waals surface area contributed by atoms with Gasteiger partial charge >= 0.3 is 0 Å². The molecule has 0 aliphatic carbocycles. The van der Waals surface area contributed by atoms with E-state index < -0.39 is 0 Å². The first kappa shape index (κ1) is 14.2. The lowest BCUT2D eigenvalue weighted by Gasteiger charge is -2.10. The van der Waals surface area contributed by atoms with Gasteiger partial charge in [-0.05, 0) is 38.1 Å². The summed E-state index contributed by atoms with van der Waals surface area (Å²) in [6.45, 7) is 2.91. The molecule has 0 bridgehead atoms. The Morgan fingerprint density at radius 1 is 1.48 bits per heavy atom. The minimum Gasteiger partial charge on any atom is -0.351 e. The lowest BCUT2D eigenvalue weighted by Crippen LogP contribution is -2.29. The summed E-state index contributed by atoms with van der Waals surface area (Å²) in [5, 5.41) is 3.79. The molecular weight excluding hydrogens is 284 g/mol. The molecule has 6 heteroatoms. The Labute approximate surface area is 128 Å². The first-order valence-electron chi connectivity index (χ1n) is 7.06. The van der Waals surface area contributed by atoms with Gasteiger partial charge in [0.15, 0.2) is 0 Å². The Balaban J connectivity index is 1.59. The number of carbonyl (C=O) groups is 1. The van der Waals surface area contributed by atoms with Gasteiger partial charge in [0.05, 0.1) is 11.9 Å². The molecule has 1 fully saturated rings. The summed E-state index contributed by atoms with van der Waals surface area (Å²) < 4.78 is 0. The molecule has 110 valence electrons. The van der Waals surface area contributed by atoms with Crippen molar-refractivity contribution in [3.05, 3.63) is 35.5 Å². The highest BCUT2D eigenvalue weighted by Gasteiger charge is 2.20. The number of thiazole rings is 1. The van der Waals surface area contributed by atoms with Crippen LogP contribution in [0.2, 0.25) is 0 Å². The van der Waals surface area contributed by atoms with Crippen LogP contribution in [0, 0.1) is 5.92 Å². The van der Waals surface area contributed by atoms with E-state index in [-0.39, 0.29) is 5.91 Å². The summed E-state index contributed by atoms with van der Waals surface area (Å²) in [6, 6.07) is 5.68. The summed E-state index contributed by atoms with van der Waals surface area (Å²) >= 11 is 1.38. The molecule has 0 spiro atoms. The van der Waals surface area contributed by atoms with Gasteiger partial charge in [-0.2, -0.15) is 0 Å². The number of hydrogen-bond donors (Lipinski definition) is 1. The summed E-state index contributed by atoms with van der Waals surface area (Å²) in [6.07, 6.45) is 4.51. The van der Waals surface area contributed by atoms with Gasteiger partial charge in [-0.1, -0.05) is 6.07 Å². The number of nitrogens with zero attached hydrogens (tertiary/aromatic N) is 3. The molecule has 2 aromatic rings. The van der Waals surface area contributed by atoms with E-state index in [4.69, 9.17) is 0 Å². The quantitative estimate of drug-likeness (QED) is 0.937. The van der Waals surface area contributed by atoms with Gasteiger partial charge in [0, 0.05) is 19.3 Å². The number of likely N-dealkylation sites (tertiary alicyclic amines) is 1.